The molecule has 3 aliphatic heterocycles. The minimum Gasteiger partial charge on any atom is -0.466 e. The van der Waals surface area contributed by atoms with E-state index in [1.807, 2.05) is 18.2 Å². The Morgan fingerprint density at radius 1 is 0.969 bits per heavy atom. The first-order valence-electron chi connectivity index (χ1n) is 11.0. The lowest BCUT2D eigenvalue weighted by atomic mass is 9.90. The molecule has 0 bridgehead atoms. The standard InChI is InChI=1S/C25H25N3O3S/c1-32(29,30)27-15-13-25(14-16-27)28-23(21-10-4-5-12-24(21)31-25)17-22(26-28)20-11-6-8-18-7-2-3-9-19(18)20/h2-12,23H,13-17H2,1H3. The van der Waals surface area contributed by atoms with E-state index in [0.717, 1.165) is 29.0 Å². The zero-order valence-corrected chi connectivity index (χ0v) is 18.8. The monoisotopic (exact) mass is 447 g/mol. The van der Waals surface area contributed by atoms with E-state index >= 15 is 0 Å². The Morgan fingerprint density at radius 2 is 1.69 bits per heavy atom. The Kier molecular flexibility index (Phi) is 4.35. The molecule has 6 nitrogen and oxygen atoms in total. The SMILES string of the molecule is CS(=O)(=O)N1CCC2(CC1)Oc1ccccc1C1CC(c3cccc4ccccc34)=NN12. The summed E-state index contributed by atoms with van der Waals surface area (Å²) in [7, 11) is -3.22. The Morgan fingerprint density at radius 3 is 2.50 bits per heavy atom. The molecule has 3 heterocycles. The molecule has 32 heavy (non-hydrogen) atoms. The molecule has 3 aliphatic rings. The minimum absolute atomic E-state index is 0.0821. The molecule has 1 unspecified atom stereocenters. The quantitative estimate of drug-likeness (QED) is 0.593. The highest BCUT2D eigenvalue weighted by molar-refractivity contribution is 7.88. The van der Waals surface area contributed by atoms with Gasteiger partial charge in [-0.3, -0.25) is 0 Å². The van der Waals surface area contributed by atoms with Crippen molar-refractivity contribution in [3.05, 3.63) is 77.9 Å². The van der Waals surface area contributed by atoms with Crippen LogP contribution in [0.3, 0.4) is 0 Å². The van der Waals surface area contributed by atoms with Gasteiger partial charge in [0.2, 0.25) is 15.7 Å². The van der Waals surface area contributed by atoms with Crippen LogP contribution in [0.15, 0.2) is 71.8 Å². The maximum atomic E-state index is 12.1. The number of benzene rings is 3. The first kappa shape index (κ1) is 19.8. The summed E-state index contributed by atoms with van der Waals surface area (Å²) in [6.45, 7) is 0.868. The molecule has 0 radical (unpaired) electrons. The highest BCUT2D eigenvalue weighted by Gasteiger charge is 2.52. The van der Waals surface area contributed by atoms with Crippen LogP contribution in [-0.4, -0.2) is 48.5 Å². The van der Waals surface area contributed by atoms with Crippen molar-refractivity contribution in [1.29, 1.82) is 0 Å². The van der Waals surface area contributed by atoms with Crippen molar-refractivity contribution in [2.75, 3.05) is 19.3 Å². The molecular weight excluding hydrogens is 422 g/mol. The second-order valence-electron chi connectivity index (χ2n) is 8.89. The van der Waals surface area contributed by atoms with Gasteiger partial charge in [-0.05, 0) is 16.8 Å². The lowest BCUT2D eigenvalue weighted by Crippen LogP contribution is -2.59. The van der Waals surface area contributed by atoms with Gasteiger partial charge in [-0.1, -0.05) is 60.7 Å². The predicted molar refractivity (Wildman–Crippen MR) is 125 cm³/mol. The average molecular weight is 448 g/mol. The fourth-order valence-electron chi connectivity index (χ4n) is 5.37. The summed E-state index contributed by atoms with van der Waals surface area (Å²) in [6, 6.07) is 23.0. The van der Waals surface area contributed by atoms with Gasteiger partial charge in [0.1, 0.15) is 5.75 Å². The molecule has 1 atom stereocenters. The van der Waals surface area contributed by atoms with E-state index in [0.29, 0.717) is 25.9 Å². The number of fused-ring (bicyclic) bond motifs is 5. The topological polar surface area (TPSA) is 62.2 Å². The van der Waals surface area contributed by atoms with Crippen molar-refractivity contribution in [2.45, 2.75) is 31.0 Å². The molecule has 1 fully saturated rings. The van der Waals surface area contributed by atoms with Crippen molar-refractivity contribution in [1.82, 2.24) is 9.31 Å². The second kappa shape index (κ2) is 7.05. The fourth-order valence-corrected chi connectivity index (χ4v) is 6.21. The predicted octanol–water partition coefficient (Wildman–Crippen LogP) is 4.14. The molecule has 0 saturated carbocycles. The third-order valence-corrected chi connectivity index (χ3v) is 8.28. The van der Waals surface area contributed by atoms with Crippen molar-refractivity contribution >= 4 is 26.5 Å². The number of piperidine rings is 1. The van der Waals surface area contributed by atoms with E-state index in [1.165, 1.54) is 17.0 Å². The summed E-state index contributed by atoms with van der Waals surface area (Å²) in [5.74, 6) is 0.885. The van der Waals surface area contributed by atoms with Crippen molar-refractivity contribution in [3.8, 4) is 5.75 Å². The van der Waals surface area contributed by atoms with Crippen LogP contribution >= 0.6 is 0 Å². The molecule has 164 valence electrons. The van der Waals surface area contributed by atoms with Crippen molar-refractivity contribution in [3.63, 3.8) is 0 Å². The van der Waals surface area contributed by atoms with E-state index in [2.05, 4.69) is 53.5 Å². The Balaban J connectivity index is 1.44. The smallest absolute Gasteiger partial charge is 0.211 e. The summed E-state index contributed by atoms with van der Waals surface area (Å²) in [4.78, 5) is 0. The zero-order valence-electron chi connectivity index (χ0n) is 17.9. The first-order valence-corrected chi connectivity index (χ1v) is 12.9. The number of nitrogens with zero attached hydrogens (tertiary/aromatic N) is 3. The molecule has 0 amide bonds. The lowest BCUT2D eigenvalue weighted by molar-refractivity contribution is -0.143. The molecule has 6 rings (SSSR count). The minimum atomic E-state index is -3.22. The molecule has 0 N–H and O–H groups in total. The Bertz CT molecular complexity index is 1340. The van der Waals surface area contributed by atoms with Crippen LogP contribution in [-0.2, 0) is 10.0 Å². The third kappa shape index (κ3) is 3.03. The number of para-hydroxylation sites is 1. The van der Waals surface area contributed by atoms with Gasteiger partial charge in [-0.2, -0.15) is 5.10 Å². The van der Waals surface area contributed by atoms with E-state index in [4.69, 9.17) is 9.84 Å². The van der Waals surface area contributed by atoms with Crippen LogP contribution in [0.25, 0.3) is 10.8 Å². The van der Waals surface area contributed by atoms with Gasteiger partial charge in [0.15, 0.2) is 0 Å². The molecular formula is C25H25N3O3S. The first-order chi connectivity index (χ1) is 15.4. The number of hydrogen-bond donors (Lipinski definition) is 0. The van der Waals surface area contributed by atoms with Gasteiger partial charge in [0.25, 0.3) is 0 Å². The summed E-state index contributed by atoms with van der Waals surface area (Å²) >= 11 is 0. The van der Waals surface area contributed by atoms with E-state index in [1.54, 1.807) is 4.31 Å². The molecule has 1 spiro atoms. The zero-order chi connectivity index (χ0) is 21.9. The molecule has 3 aromatic carbocycles. The van der Waals surface area contributed by atoms with Crippen LogP contribution in [0.1, 0.15) is 36.4 Å². The van der Waals surface area contributed by atoms with Crippen molar-refractivity contribution < 1.29 is 13.2 Å². The number of sulfonamides is 1. The molecule has 7 heteroatoms. The molecule has 0 aromatic heterocycles. The van der Waals surface area contributed by atoms with E-state index in [-0.39, 0.29) is 6.04 Å². The van der Waals surface area contributed by atoms with Gasteiger partial charge in [-0.15, -0.1) is 0 Å². The molecule has 0 aliphatic carbocycles. The number of hydrogen-bond acceptors (Lipinski definition) is 5. The number of ether oxygens (including phenoxy) is 1. The van der Waals surface area contributed by atoms with Crippen molar-refractivity contribution in [2.24, 2.45) is 5.10 Å². The molecule has 1 saturated heterocycles. The summed E-state index contributed by atoms with van der Waals surface area (Å²) in [6.07, 6.45) is 3.23. The summed E-state index contributed by atoms with van der Waals surface area (Å²) < 4.78 is 32.3. The van der Waals surface area contributed by atoms with Crippen LogP contribution < -0.4 is 4.74 Å². The highest BCUT2D eigenvalue weighted by Crippen LogP contribution is 2.50. The fraction of sp³-hybridized carbons (Fsp3) is 0.320. The third-order valence-electron chi connectivity index (χ3n) is 6.98. The van der Waals surface area contributed by atoms with Gasteiger partial charge >= 0.3 is 0 Å². The maximum Gasteiger partial charge on any atom is 0.211 e. The van der Waals surface area contributed by atoms with Gasteiger partial charge in [0, 0.05) is 43.5 Å². The second-order valence-corrected chi connectivity index (χ2v) is 10.9. The lowest BCUT2D eigenvalue weighted by Gasteiger charge is -2.50. The molecule has 3 aromatic rings. The summed E-state index contributed by atoms with van der Waals surface area (Å²) in [5, 5.41) is 9.68. The highest BCUT2D eigenvalue weighted by atomic mass is 32.2. The maximum absolute atomic E-state index is 12.1. The normalized spacial score (nSPS) is 22.3. The van der Waals surface area contributed by atoms with Crippen LogP contribution in [0.2, 0.25) is 0 Å². The van der Waals surface area contributed by atoms with E-state index < -0.39 is 15.7 Å². The largest absolute Gasteiger partial charge is 0.466 e. The van der Waals surface area contributed by atoms with Gasteiger partial charge in [-0.25, -0.2) is 17.7 Å². The van der Waals surface area contributed by atoms with Crippen LogP contribution in [0.4, 0.5) is 0 Å². The van der Waals surface area contributed by atoms with Crippen LogP contribution in [0, 0.1) is 0 Å². The number of rotatable bonds is 2. The Hall–Kier alpha value is -2.90. The van der Waals surface area contributed by atoms with Gasteiger partial charge in [0.05, 0.1) is 18.0 Å². The van der Waals surface area contributed by atoms with E-state index in [9.17, 15) is 8.42 Å². The van der Waals surface area contributed by atoms with Gasteiger partial charge < -0.3 is 4.74 Å². The Labute approximate surface area is 188 Å². The van der Waals surface area contributed by atoms with Crippen LogP contribution in [0.5, 0.6) is 5.75 Å². The average Bonchev–Trinajstić information content (AvgIpc) is 3.25. The number of hydrazone groups is 1. The summed E-state index contributed by atoms with van der Waals surface area (Å²) in [5.41, 5.74) is 2.71.